The first-order chi connectivity index (χ1) is 14.3. The van der Waals surface area contributed by atoms with E-state index < -0.39 is 11.7 Å². The molecule has 0 aliphatic rings. The van der Waals surface area contributed by atoms with E-state index in [4.69, 9.17) is 5.73 Å². The normalized spacial score (nSPS) is 12.2. The lowest BCUT2D eigenvalue weighted by Gasteiger charge is -2.09. The zero-order chi connectivity index (χ0) is 21.7. The summed E-state index contributed by atoms with van der Waals surface area (Å²) in [4.78, 5) is 11.7. The Morgan fingerprint density at radius 3 is 2.70 bits per heavy atom. The van der Waals surface area contributed by atoms with Gasteiger partial charge in [-0.25, -0.2) is 15.0 Å². The molecule has 0 saturated carbocycles. The van der Waals surface area contributed by atoms with E-state index >= 15 is 0 Å². The molecule has 7 nitrogen and oxygen atoms in total. The van der Waals surface area contributed by atoms with Crippen LogP contribution in [0.25, 0.3) is 5.69 Å². The van der Waals surface area contributed by atoms with Crippen molar-refractivity contribution in [2.24, 2.45) is 15.7 Å². The first kappa shape index (κ1) is 20.6. The predicted molar refractivity (Wildman–Crippen MR) is 108 cm³/mol. The van der Waals surface area contributed by atoms with Gasteiger partial charge in [0.25, 0.3) is 0 Å². The highest BCUT2D eigenvalue weighted by Crippen LogP contribution is 2.35. The average Bonchev–Trinajstić information content (AvgIpc) is 3.13. The van der Waals surface area contributed by atoms with Crippen LogP contribution in [-0.2, 0) is 6.18 Å². The van der Waals surface area contributed by atoms with Crippen LogP contribution < -0.4 is 11.1 Å². The van der Waals surface area contributed by atoms with E-state index in [2.05, 4.69) is 26.4 Å². The number of aliphatic imine (C=N–C) groups is 2. The summed E-state index contributed by atoms with van der Waals surface area (Å²) in [5.41, 5.74) is 6.94. The predicted octanol–water partition coefficient (Wildman–Crippen LogP) is 4.16. The topological polar surface area (TPSA) is 104 Å². The van der Waals surface area contributed by atoms with Crippen molar-refractivity contribution in [1.29, 1.82) is 5.26 Å². The van der Waals surface area contributed by atoms with Crippen molar-refractivity contribution in [3.05, 3.63) is 71.8 Å². The molecule has 10 heteroatoms. The van der Waals surface area contributed by atoms with Crippen molar-refractivity contribution in [2.45, 2.75) is 13.1 Å². The minimum Gasteiger partial charge on any atom is -0.369 e. The first-order valence-corrected chi connectivity index (χ1v) is 8.62. The summed E-state index contributed by atoms with van der Waals surface area (Å²) in [7, 11) is 0. The van der Waals surface area contributed by atoms with Crippen molar-refractivity contribution in [1.82, 2.24) is 9.55 Å². The summed E-state index contributed by atoms with van der Waals surface area (Å²) in [6, 6.07) is 12.0. The molecule has 2 aromatic carbocycles. The molecule has 0 aliphatic heterocycles. The molecule has 3 aromatic rings. The number of rotatable bonds is 4. The summed E-state index contributed by atoms with van der Waals surface area (Å²) in [6.07, 6.45) is -0.205. The smallest absolute Gasteiger partial charge is 0.369 e. The van der Waals surface area contributed by atoms with Crippen molar-refractivity contribution in [2.75, 3.05) is 5.32 Å². The number of guanidine groups is 1. The van der Waals surface area contributed by atoms with Crippen molar-refractivity contribution >= 4 is 23.7 Å². The van der Waals surface area contributed by atoms with E-state index in [1.807, 2.05) is 6.92 Å². The highest BCUT2D eigenvalue weighted by Gasteiger charge is 2.32. The molecule has 1 aromatic heterocycles. The lowest BCUT2D eigenvalue weighted by atomic mass is 10.1. The fourth-order valence-electron chi connectivity index (χ4n) is 2.64. The molecule has 0 amide bonds. The molecule has 0 aliphatic carbocycles. The monoisotopic (exact) mass is 411 g/mol. The molecule has 152 valence electrons. The zero-order valence-electron chi connectivity index (χ0n) is 15.7. The number of nitriles is 1. The van der Waals surface area contributed by atoms with E-state index in [0.29, 0.717) is 16.9 Å². The summed E-state index contributed by atoms with van der Waals surface area (Å²) in [5, 5.41) is 12.2. The number of nitrogens with zero attached hydrogens (tertiary/aromatic N) is 5. The maximum atomic E-state index is 13.0. The quantitative estimate of drug-likeness (QED) is 0.497. The molecule has 3 N–H and O–H groups in total. The van der Waals surface area contributed by atoms with Gasteiger partial charge < -0.3 is 15.6 Å². The number of aromatic nitrogens is 2. The Hall–Kier alpha value is -4.13. The molecule has 30 heavy (non-hydrogen) atoms. The van der Waals surface area contributed by atoms with Crippen LogP contribution in [-0.4, -0.2) is 21.8 Å². The van der Waals surface area contributed by atoms with Gasteiger partial charge in [0, 0.05) is 11.9 Å². The molecule has 3 rings (SSSR count). The van der Waals surface area contributed by atoms with E-state index in [1.54, 1.807) is 35.3 Å². The number of para-hydroxylation sites is 1. The number of hydrogen-bond acceptors (Lipinski definition) is 3. The van der Waals surface area contributed by atoms with Gasteiger partial charge in [-0.2, -0.15) is 18.4 Å². The van der Waals surface area contributed by atoms with Crippen LogP contribution in [0, 0.1) is 18.3 Å². The minimum absolute atomic E-state index is 0.0987. The van der Waals surface area contributed by atoms with Crippen LogP contribution in [0.4, 0.5) is 24.5 Å². The Balaban J connectivity index is 1.77. The fraction of sp³-hybridized carbons (Fsp3) is 0.100. The molecule has 1 heterocycles. The summed E-state index contributed by atoms with van der Waals surface area (Å²) < 4.78 is 40.6. The second kappa shape index (κ2) is 8.48. The molecular formula is C20H16F3N7. The van der Waals surface area contributed by atoms with E-state index in [0.717, 1.165) is 18.1 Å². The third-order valence-corrected chi connectivity index (χ3v) is 3.98. The van der Waals surface area contributed by atoms with Crippen LogP contribution in [0.2, 0.25) is 0 Å². The molecule has 0 saturated heterocycles. The van der Waals surface area contributed by atoms with Gasteiger partial charge in [-0.1, -0.05) is 12.1 Å². The third-order valence-electron chi connectivity index (χ3n) is 3.98. The molecule has 0 fully saturated rings. The third kappa shape index (κ3) is 4.82. The van der Waals surface area contributed by atoms with Gasteiger partial charge in [-0.05, 0) is 37.3 Å². The van der Waals surface area contributed by atoms with E-state index in [9.17, 15) is 18.4 Å². The molecule has 0 atom stereocenters. The van der Waals surface area contributed by atoms with Gasteiger partial charge in [0.1, 0.15) is 12.4 Å². The maximum absolute atomic E-state index is 13.0. The summed E-state index contributed by atoms with van der Waals surface area (Å²) in [6.45, 7) is 1.84. The number of alkyl halides is 3. The molecular weight excluding hydrogens is 395 g/mol. The Morgan fingerprint density at radius 1 is 1.27 bits per heavy atom. The summed E-state index contributed by atoms with van der Waals surface area (Å²) >= 11 is 0. The van der Waals surface area contributed by atoms with Crippen LogP contribution >= 0.6 is 0 Å². The number of benzene rings is 2. The largest absolute Gasteiger partial charge is 0.418 e. The molecule has 0 bridgehead atoms. The highest BCUT2D eigenvalue weighted by molar-refractivity contribution is 5.97. The lowest BCUT2D eigenvalue weighted by molar-refractivity contribution is -0.137. The number of anilines is 1. The number of nitrogens with one attached hydrogen (secondary N) is 1. The average molecular weight is 411 g/mol. The second-order valence-corrected chi connectivity index (χ2v) is 6.16. The van der Waals surface area contributed by atoms with Crippen LogP contribution in [0.15, 0.2) is 65.0 Å². The van der Waals surface area contributed by atoms with Gasteiger partial charge in [-0.3, -0.25) is 0 Å². The van der Waals surface area contributed by atoms with Gasteiger partial charge in [0.05, 0.1) is 34.5 Å². The Bertz CT molecular complexity index is 1150. The van der Waals surface area contributed by atoms with E-state index in [1.165, 1.54) is 18.2 Å². The molecule has 0 spiro atoms. The Labute approximate surface area is 170 Å². The molecule has 0 radical (unpaired) electrons. The Kier molecular flexibility index (Phi) is 5.83. The van der Waals surface area contributed by atoms with Crippen molar-refractivity contribution in [3.8, 4) is 11.8 Å². The van der Waals surface area contributed by atoms with Crippen molar-refractivity contribution in [3.63, 3.8) is 0 Å². The van der Waals surface area contributed by atoms with Gasteiger partial charge in [0.2, 0.25) is 0 Å². The number of imidazole rings is 1. The highest BCUT2D eigenvalue weighted by atomic mass is 19.4. The number of hydrogen-bond donors (Lipinski definition) is 2. The number of aryl methyl sites for hydroxylation is 1. The van der Waals surface area contributed by atoms with Crippen LogP contribution in [0.3, 0.4) is 0 Å². The van der Waals surface area contributed by atoms with E-state index in [-0.39, 0.29) is 11.6 Å². The van der Waals surface area contributed by atoms with Gasteiger partial charge in [0.15, 0.2) is 5.96 Å². The number of nitrogens with two attached hydrogens (primary N) is 1. The second-order valence-electron chi connectivity index (χ2n) is 6.16. The van der Waals surface area contributed by atoms with Gasteiger partial charge in [-0.15, -0.1) is 0 Å². The van der Waals surface area contributed by atoms with Crippen LogP contribution in [0.5, 0.6) is 0 Å². The molecule has 0 unspecified atom stereocenters. The maximum Gasteiger partial charge on any atom is 0.418 e. The Morgan fingerprint density at radius 2 is 2.03 bits per heavy atom. The zero-order valence-corrected chi connectivity index (χ0v) is 15.7. The first-order valence-electron chi connectivity index (χ1n) is 8.62. The lowest BCUT2D eigenvalue weighted by Crippen LogP contribution is -2.22. The van der Waals surface area contributed by atoms with Crippen molar-refractivity contribution < 1.29 is 13.2 Å². The fourth-order valence-corrected chi connectivity index (χ4v) is 2.64. The number of halogens is 3. The summed E-state index contributed by atoms with van der Waals surface area (Å²) in [5.74, 6) is -0.0987. The van der Waals surface area contributed by atoms with Crippen LogP contribution in [0.1, 0.15) is 16.8 Å². The standard InChI is InChI=1S/C20H16F3N7/c1-13-10-30(12-28-13)18-7-6-15(8-14(18)9-24)29-19(25)27-11-26-17-5-3-2-4-16(17)20(21,22)23/h2-8,10-12H,1H3,(H3,25,26,27,29). The van der Waals surface area contributed by atoms with Gasteiger partial charge >= 0.3 is 6.18 Å². The SMILES string of the molecule is Cc1cn(-c2ccc(NC(N)=NC=Nc3ccccc3C(F)(F)F)cc2C#N)cn1. The minimum atomic E-state index is -4.52.